The monoisotopic (exact) mass is 361 g/mol. The van der Waals surface area contributed by atoms with E-state index in [4.69, 9.17) is 0 Å². The highest BCUT2D eigenvalue weighted by Gasteiger charge is 2.37. The third-order valence-electron chi connectivity index (χ3n) is 6.12. The smallest absolute Gasteiger partial charge is 0.225 e. The number of hydrogen-bond acceptors (Lipinski definition) is 4. The molecule has 2 aliphatic heterocycles. The molecule has 2 N–H and O–H groups in total. The zero-order valence-electron chi connectivity index (χ0n) is 17.0. The van der Waals surface area contributed by atoms with Crippen molar-refractivity contribution in [1.29, 1.82) is 0 Å². The molecular formula is C20H35N5O. The number of piperidine rings is 1. The molecule has 2 fully saturated rings. The van der Waals surface area contributed by atoms with Crippen LogP contribution in [0.25, 0.3) is 0 Å². The second-order valence-corrected chi connectivity index (χ2v) is 9.20. The average Bonchev–Trinajstić information content (AvgIpc) is 3.20. The van der Waals surface area contributed by atoms with Crippen LogP contribution < -0.4 is 10.6 Å². The van der Waals surface area contributed by atoms with Crippen LogP contribution in [0.1, 0.15) is 45.6 Å². The number of amides is 1. The van der Waals surface area contributed by atoms with Crippen molar-refractivity contribution in [3.05, 3.63) is 18.0 Å². The summed E-state index contributed by atoms with van der Waals surface area (Å²) in [5.41, 5.74) is 1.13. The summed E-state index contributed by atoms with van der Waals surface area (Å²) in [7, 11) is 1.92. The summed E-state index contributed by atoms with van der Waals surface area (Å²) in [6, 6.07) is 0. The van der Waals surface area contributed by atoms with Gasteiger partial charge >= 0.3 is 0 Å². The van der Waals surface area contributed by atoms with Crippen molar-refractivity contribution in [3.63, 3.8) is 0 Å². The Morgan fingerprint density at radius 3 is 2.62 bits per heavy atom. The predicted molar refractivity (Wildman–Crippen MR) is 104 cm³/mol. The lowest BCUT2D eigenvalue weighted by atomic mass is 9.87. The molecule has 0 bridgehead atoms. The van der Waals surface area contributed by atoms with Gasteiger partial charge in [-0.05, 0) is 37.7 Å². The summed E-state index contributed by atoms with van der Waals surface area (Å²) in [5.74, 6) is 1.80. The average molecular weight is 362 g/mol. The van der Waals surface area contributed by atoms with E-state index >= 15 is 0 Å². The van der Waals surface area contributed by atoms with E-state index in [0.717, 1.165) is 43.6 Å². The van der Waals surface area contributed by atoms with Crippen LogP contribution in [0.15, 0.2) is 12.4 Å². The molecule has 26 heavy (non-hydrogen) atoms. The van der Waals surface area contributed by atoms with Gasteiger partial charge in [0.15, 0.2) is 0 Å². The Morgan fingerprint density at radius 2 is 2.00 bits per heavy atom. The molecule has 146 valence electrons. The van der Waals surface area contributed by atoms with Crippen molar-refractivity contribution in [2.45, 2.75) is 45.6 Å². The van der Waals surface area contributed by atoms with Crippen LogP contribution in [0.4, 0.5) is 0 Å². The zero-order valence-corrected chi connectivity index (χ0v) is 17.0. The minimum atomic E-state index is -0.0194. The molecular weight excluding hydrogens is 326 g/mol. The van der Waals surface area contributed by atoms with Gasteiger partial charge < -0.3 is 10.6 Å². The standard InChI is InChI=1S/C20H35N5O/c1-14-6-15(2)11-25(10-14)20(3,4)13-22-19(26)18-9-21-8-17(18)16-7-23-24(5)12-16/h7,12,14-15,17-18,21H,6,8-11,13H2,1-5H3,(H,22,26)/t14?,15?,17-,18+/m1/s1. The lowest BCUT2D eigenvalue weighted by Crippen LogP contribution is -2.56. The van der Waals surface area contributed by atoms with Crippen LogP contribution in [0.5, 0.6) is 0 Å². The van der Waals surface area contributed by atoms with Gasteiger partial charge in [-0.15, -0.1) is 0 Å². The Balaban J connectivity index is 1.58. The van der Waals surface area contributed by atoms with Gasteiger partial charge in [-0.3, -0.25) is 14.4 Å². The van der Waals surface area contributed by atoms with Gasteiger partial charge in [0, 0.05) is 57.4 Å². The molecule has 2 unspecified atom stereocenters. The van der Waals surface area contributed by atoms with Crippen molar-refractivity contribution < 1.29 is 4.79 Å². The summed E-state index contributed by atoms with van der Waals surface area (Å²) in [5, 5.41) is 10.9. The Labute approximate surface area is 157 Å². The molecule has 2 saturated heterocycles. The van der Waals surface area contributed by atoms with E-state index in [1.807, 2.05) is 24.1 Å². The van der Waals surface area contributed by atoms with E-state index in [0.29, 0.717) is 6.54 Å². The number of carbonyl (C=O) groups is 1. The quantitative estimate of drug-likeness (QED) is 0.836. The van der Waals surface area contributed by atoms with Gasteiger partial charge in [0.05, 0.1) is 12.1 Å². The van der Waals surface area contributed by atoms with Gasteiger partial charge in [0.1, 0.15) is 0 Å². The Bertz CT molecular complexity index is 615. The largest absolute Gasteiger partial charge is 0.354 e. The molecule has 1 amide bonds. The Morgan fingerprint density at radius 1 is 1.31 bits per heavy atom. The van der Waals surface area contributed by atoms with Gasteiger partial charge in [0.2, 0.25) is 5.91 Å². The Kier molecular flexibility index (Phi) is 5.72. The topological polar surface area (TPSA) is 62.2 Å². The molecule has 0 spiro atoms. The minimum absolute atomic E-state index is 0.0193. The molecule has 2 aliphatic rings. The number of rotatable bonds is 5. The first-order valence-electron chi connectivity index (χ1n) is 9.98. The number of likely N-dealkylation sites (tertiary alicyclic amines) is 1. The molecule has 6 nitrogen and oxygen atoms in total. The second kappa shape index (κ2) is 7.69. The third-order valence-corrected chi connectivity index (χ3v) is 6.12. The van der Waals surface area contributed by atoms with E-state index in [1.165, 1.54) is 6.42 Å². The summed E-state index contributed by atoms with van der Waals surface area (Å²) >= 11 is 0. The van der Waals surface area contributed by atoms with Crippen molar-refractivity contribution in [1.82, 2.24) is 25.3 Å². The molecule has 3 heterocycles. The maximum atomic E-state index is 12.9. The van der Waals surface area contributed by atoms with Crippen LogP contribution >= 0.6 is 0 Å². The first-order chi connectivity index (χ1) is 12.3. The van der Waals surface area contributed by atoms with Gasteiger partial charge in [-0.1, -0.05) is 13.8 Å². The number of nitrogens with zero attached hydrogens (tertiary/aromatic N) is 3. The molecule has 1 aromatic rings. The maximum absolute atomic E-state index is 12.9. The summed E-state index contributed by atoms with van der Waals surface area (Å²) in [6.07, 6.45) is 5.22. The van der Waals surface area contributed by atoms with Gasteiger partial charge in [-0.25, -0.2) is 0 Å². The minimum Gasteiger partial charge on any atom is -0.354 e. The van der Waals surface area contributed by atoms with Crippen LogP contribution in [-0.2, 0) is 11.8 Å². The second-order valence-electron chi connectivity index (χ2n) is 9.20. The van der Waals surface area contributed by atoms with E-state index in [1.54, 1.807) is 0 Å². The first kappa shape index (κ1) is 19.4. The molecule has 0 saturated carbocycles. The maximum Gasteiger partial charge on any atom is 0.225 e. The SMILES string of the molecule is CC1CC(C)CN(C(C)(C)CNC(=O)[C@H]2CNC[C@@H]2c2cnn(C)c2)C1. The molecule has 4 atom stereocenters. The lowest BCUT2D eigenvalue weighted by Gasteiger charge is -2.45. The number of nitrogens with one attached hydrogen (secondary N) is 2. The first-order valence-corrected chi connectivity index (χ1v) is 9.98. The van der Waals surface area contributed by atoms with Crippen LogP contribution in [0.3, 0.4) is 0 Å². The summed E-state index contributed by atoms with van der Waals surface area (Å²) in [4.78, 5) is 15.5. The normalized spacial score (nSPS) is 30.5. The molecule has 6 heteroatoms. The molecule has 3 rings (SSSR count). The van der Waals surface area contributed by atoms with E-state index in [9.17, 15) is 4.79 Å². The number of carbonyl (C=O) groups excluding carboxylic acids is 1. The van der Waals surface area contributed by atoms with E-state index in [2.05, 4.69) is 48.3 Å². The van der Waals surface area contributed by atoms with Crippen molar-refractivity contribution in [2.75, 3.05) is 32.7 Å². The van der Waals surface area contributed by atoms with Crippen LogP contribution in [0, 0.1) is 17.8 Å². The van der Waals surface area contributed by atoms with Gasteiger partial charge in [0.25, 0.3) is 0 Å². The van der Waals surface area contributed by atoms with Crippen molar-refractivity contribution >= 4 is 5.91 Å². The lowest BCUT2D eigenvalue weighted by molar-refractivity contribution is -0.125. The van der Waals surface area contributed by atoms with E-state index in [-0.39, 0.29) is 23.3 Å². The third kappa shape index (κ3) is 4.29. The number of aromatic nitrogens is 2. The molecule has 0 aromatic carbocycles. The summed E-state index contributed by atoms with van der Waals surface area (Å²) in [6.45, 7) is 13.7. The molecule has 0 aliphatic carbocycles. The zero-order chi connectivity index (χ0) is 18.9. The van der Waals surface area contributed by atoms with Crippen LogP contribution in [-0.4, -0.2) is 58.9 Å². The van der Waals surface area contributed by atoms with Crippen molar-refractivity contribution in [3.8, 4) is 0 Å². The fraction of sp³-hybridized carbons (Fsp3) is 0.800. The highest BCUT2D eigenvalue weighted by atomic mass is 16.2. The number of hydrogen-bond donors (Lipinski definition) is 2. The molecule has 1 aromatic heterocycles. The van der Waals surface area contributed by atoms with E-state index < -0.39 is 0 Å². The fourth-order valence-electron chi connectivity index (χ4n) is 4.64. The molecule has 0 radical (unpaired) electrons. The predicted octanol–water partition coefficient (Wildman–Crippen LogP) is 1.60. The van der Waals surface area contributed by atoms with Crippen molar-refractivity contribution in [2.24, 2.45) is 24.8 Å². The van der Waals surface area contributed by atoms with Crippen LogP contribution in [0.2, 0.25) is 0 Å². The van der Waals surface area contributed by atoms with Gasteiger partial charge in [-0.2, -0.15) is 5.10 Å². The fourth-order valence-corrected chi connectivity index (χ4v) is 4.64. The highest BCUT2D eigenvalue weighted by molar-refractivity contribution is 5.80. The number of aryl methyl sites for hydroxylation is 1. The summed E-state index contributed by atoms with van der Waals surface area (Å²) < 4.78 is 1.81. The Hall–Kier alpha value is -1.40. The highest BCUT2D eigenvalue weighted by Crippen LogP contribution is 2.29.